The summed E-state index contributed by atoms with van der Waals surface area (Å²) < 4.78 is 26.6. The molecule has 0 aliphatic carbocycles. The number of carbonyl (C=O) groups excluding carboxylic acids is 1. The van der Waals surface area contributed by atoms with Crippen molar-refractivity contribution in [1.29, 1.82) is 0 Å². The van der Waals surface area contributed by atoms with Crippen LogP contribution in [0.2, 0.25) is 0 Å². The number of para-hydroxylation sites is 2. The van der Waals surface area contributed by atoms with E-state index in [9.17, 15) is 13.2 Å². The van der Waals surface area contributed by atoms with Crippen LogP contribution in [0.3, 0.4) is 0 Å². The van der Waals surface area contributed by atoms with E-state index < -0.39 is 10.0 Å². The van der Waals surface area contributed by atoms with Gasteiger partial charge in [-0.05, 0) is 24.3 Å². The van der Waals surface area contributed by atoms with Gasteiger partial charge in [0.2, 0.25) is 10.0 Å². The number of rotatable bonds is 4. The van der Waals surface area contributed by atoms with Gasteiger partial charge in [0.1, 0.15) is 5.69 Å². The Morgan fingerprint density at radius 3 is 2.30 bits per heavy atom. The monoisotopic (exact) mass is 293 g/mol. The quantitative estimate of drug-likeness (QED) is 0.899. The van der Waals surface area contributed by atoms with E-state index in [-0.39, 0.29) is 5.91 Å². The average Bonchev–Trinajstić information content (AvgIpc) is 2.76. The highest BCUT2D eigenvalue weighted by Gasteiger charge is 2.12. The second-order valence-corrected chi connectivity index (χ2v) is 6.13. The van der Waals surface area contributed by atoms with Crippen LogP contribution in [-0.2, 0) is 17.1 Å². The molecule has 2 N–H and O–H groups in total. The number of hydrogen-bond acceptors (Lipinski definition) is 3. The Hall–Kier alpha value is -2.28. The standard InChI is InChI=1S/C13H15N3O3S/c1-16-9-5-8-12(16)13(17)14-10-6-3-4-7-11(10)15-20(2,18)19/h3-9,15H,1-2H3,(H,14,17). The summed E-state index contributed by atoms with van der Waals surface area (Å²) in [5.74, 6) is -0.305. The molecule has 0 bridgehead atoms. The fourth-order valence-corrected chi connectivity index (χ4v) is 2.34. The van der Waals surface area contributed by atoms with Crippen molar-refractivity contribution in [1.82, 2.24) is 4.57 Å². The molecule has 1 heterocycles. The molecule has 1 aromatic heterocycles. The number of hydrogen-bond donors (Lipinski definition) is 2. The average molecular weight is 293 g/mol. The second kappa shape index (κ2) is 5.38. The topological polar surface area (TPSA) is 80.2 Å². The van der Waals surface area contributed by atoms with Crippen LogP contribution in [0.25, 0.3) is 0 Å². The number of nitrogens with zero attached hydrogens (tertiary/aromatic N) is 1. The molecule has 1 amide bonds. The molecule has 2 aromatic rings. The molecular weight excluding hydrogens is 278 g/mol. The van der Waals surface area contributed by atoms with E-state index >= 15 is 0 Å². The molecule has 0 saturated heterocycles. The third-order valence-corrected chi connectivity index (χ3v) is 3.24. The van der Waals surface area contributed by atoms with Gasteiger partial charge in [-0.3, -0.25) is 9.52 Å². The molecule has 106 valence electrons. The lowest BCUT2D eigenvalue weighted by molar-refractivity contribution is 0.101. The molecular formula is C13H15N3O3S. The molecule has 1 aromatic carbocycles. The fraction of sp³-hybridized carbons (Fsp3) is 0.154. The Labute approximate surface area is 117 Å². The number of amides is 1. The van der Waals surface area contributed by atoms with Crippen LogP contribution in [0.4, 0.5) is 11.4 Å². The van der Waals surface area contributed by atoms with Crippen molar-refractivity contribution in [3.05, 3.63) is 48.3 Å². The van der Waals surface area contributed by atoms with Gasteiger partial charge in [-0.15, -0.1) is 0 Å². The molecule has 0 aliphatic heterocycles. The van der Waals surface area contributed by atoms with Gasteiger partial charge < -0.3 is 9.88 Å². The summed E-state index contributed by atoms with van der Waals surface area (Å²) >= 11 is 0. The Kier molecular flexibility index (Phi) is 3.80. The Bertz CT molecular complexity index is 735. The van der Waals surface area contributed by atoms with E-state index in [4.69, 9.17) is 0 Å². The zero-order valence-corrected chi connectivity index (χ0v) is 11.9. The minimum Gasteiger partial charge on any atom is -0.347 e. The first-order valence-corrected chi connectivity index (χ1v) is 7.75. The van der Waals surface area contributed by atoms with Crippen LogP contribution in [0.15, 0.2) is 42.6 Å². The number of benzene rings is 1. The maximum absolute atomic E-state index is 12.1. The maximum atomic E-state index is 12.1. The van der Waals surface area contributed by atoms with Crippen LogP contribution in [0.1, 0.15) is 10.5 Å². The number of aryl methyl sites for hydroxylation is 1. The molecule has 0 radical (unpaired) electrons. The zero-order valence-electron chi connectivity index (χ0n) is 11.1. The molecule has 2 rings (SSSR count). The summed E-state index contributed by atoms with van der Waals surface area (Å²) in [6, 6.07) is 10.1. The highest BCUT2D eigenvalue weighted by Crippen LogP contribution is 2.22. The zero-order chi connectivity index (χ0) is 14.8. The van der Waals surface area contributed by atoms with Crippen LogP contribution < -0.4 is 10.0 Å². The first kappa shape index (κ1) is 14.1. The van der Waals surface area contributed by atoms with Crippen molar-refractivity contribution in [2.24, 2.45) is 7.05 Å². The molecule has 6 nitrogen and oxygen atoms in total. The molecule has 0 spiro atoms. The van der Waals surface area contributed by atoms with E-state index in [0.717, 1.165) is 6.26 Å². The lowest BCUT2D eigenvalue weighted by atomic mass is 10.2. The molecule has 0 atom stereocenters. The van der Waals surface area contributed by atoms with E-state index in [1.807, 2.05) is 0 Å². The van der Waals surface area contributed by atoms with E-state index in [0.29, 0.717) is 17.1 Å². The lowest BCUT2D eigenvalue weighted by Gasteiger charge is -2.12. The van der Waals surface area contributed by atoms with Crippen LogP contribution >= 0.6 is 0 Å². The lowest BCUT2D eigenvalue weighted by Crippen LogP contribution is -2.17. The molecule has 0 saturated carbocycles. The molecule has 0 fully saturated rings. The summed E-state index contributed by atoms with van der Waals surface area (Å²) in [5, 5.41) is 2.69. The van der Waals surface area contributed by atoms with E-state index in [2.05, 4.69) is 10.0 Å². The summed E-state index contributed by atoms with van der Waals surface area (Å²) in [4.78, 5) is 12.1. The van der Waals surface area contributed by atoms with E-state index in [1.165, 1.54) is 0 Å². The van der Waals surface area contributed by atoms with Crippen molar-refractivity contribution in [3.8, 4) is 0 Å². The highest BCUT2D eigenvalue weighted by atomic mass is 32.2. The first-order chi connectivity index (χ1) is 9.37. The van der Waals surface area contributed by atoms with Gasteiger partial charge in [0.25, 0.3) is 5.91 Å². The van der Waals surface area contributed by atoms with Crippen molar-refractivity contribution in [3.63, 3.8) is 0 Å². The number of nitrogens with one attached hydrogen (secondary N) is 2. The van der Waals surface area contributed by atoms with Gasteiger partial charge in [0, 0.05) is 13.2 Å². The van der Waals surface area contributed by atoms with Crippen molar-refractivity contribution < 1.29 is 13.2 Å². The molecule has 0 aliphatic rings. The van der Waals surface area contributed by atoms with Gasteiger partial charge in [-0.25, -0.2) is 8.42 Å². The summed E-state index contributed by atoms with van der Waals surface area (Å²) in [5.41, 5.74) is 1.22. The van der Waals surface area contributed by atoms with Crippen molar-refractivity contribution >= 4 is 27.3 Å². The van der Waals surface area contributed by atoms with Crippen molar-refractivity contribution in [2.75, 3.05) is 16.3 Å². The van der Waals surface area contributed by atoms with Crippen LogP contribution in [0.5, 0.6) is 0 Å². The third-order valence-electron chi connectivity index (χ3n) is 2.65. The normalized spacial score (nSPS) is 11.1. The number of sulfonamides is 1. The summed E-state index contributed by atoms with van der Waals surface area (Å²) in [7, 11) is -1.64. The SMILES string of the molecule is Cn1cccc1C(=O)Nc1ccccc1NS(C)(=O)=O. The predicted molar refractivity (Wildman–Crippen MR) is 78.3 cm³/mol. The highest BCUT2D eigenvalue weighted by molar-refractivity contribution is 7.92. The predicted octanol–water partition coefficient (Wildman–Crippen LogP) is 1.65. The Morgan fingerprint density at radius 2 is 1.75 bits per heavy atom. The van der Waals surface area contributed by atoms with Gasteiger partial charge in [0.05, 0.1) is 17.6 Å². The maximum Gasteiger partial charge on any atom is 0.272 e. The minimum absolute atomic E-state index is 0.305. The number of aromatic nitrogens is 1. The first-order valence-electron chi connectivity index (χ1n) is 5.86. The van der Waals surface area contributed by atoms with Gasteiger partial charge in [-0.2, -0.15) is 0 Å². The molecule has 7 heteroatoms. The largest absolute Gasteiger partial charge is 0.347 e. The number of anilines is 2. The smallest absolute Gasteiger partial charge is 0.272 e. The minimum atomic E-state index is -3.40. The van der Waals surface area contributed by atoms with Gasteiger partial charge in [-0.1, -0.05) is 12.1 Å². The summed E-state index contributed by atoms with van der Waals surface area (Å²) in [6.45, 7) is 0. The third kappa shape index (κ3) is 3.39. The Morgan fingerprint density at radius 1 is 1.10 bits per heavy atom. The van der Waals surface area contributed by atoms with Crippen molar-refractivity contribution in [2.45, 2.75) is 0 Å². The summed E-state index contributed by atoms with van der Waals surface area (Å²) in [6.07, 6.45) is 2.82. The van der Waals surface area contributed by atoms with Crippen LogP contribution in [-0.4, -0.2) is 25.1 Å². The van der Waals surface area contributed by atoms with E-state index in [1.54, 1.807) is 54.2 Å². The van der Waals surface area contributed by atoms with Gasteiger partial charge in [0.15, 0.2) is 0 Å². The van der Waals surface area contributed by atoms with Crippen LogP contribution in [0, 0.1) is 0 Å². The molecule has 20 heavy (non-hydrogen) atoms. The number of carbonyl (C=O) groups is 1. The Balaban J connectivity index is 2.26. The second-order valence-electron chi connectivity index (χ2n) is 4.38. The fourth-order valence-electron chi connectivity index (χ4n) is 1.76. The van der Waals surface area contributed by atoms with Gasteiger partial charge >= 0.3 is 0 Å². The molecule has 0 unspecified atom stereocenters.